The Balaban J connectivity index is 1.21. The van der Waals surface area contributed by atoms with Crippen molar-refractivity contribution < 1.29 is 4.42 Å². The molecular formula is C25H27N3O. The smallest absolute Gasteiger partial charge is 0.141 e. The van der Waals surface area contributed by atoms with E-state index in [9.17, 15) is 0 Å². The summed E-state index contributed by atoms with van der Waals surface area (Å²) < 4.78 is 5.66. The average molecular weight is 386 g/mol. The number of piperidine rings is 1. The van der Waals surface area contributed by atoms with E-state index in [1.54, 1.807) is 11.8 Å². The Kier molecular flexibility index (Phi) is 3.95. The molecule has 6 rings (SSSR count). The van der Waals surface area contributed by atoms with Crippen LogP contribution in [0.15, 0.2) is 59.2 Å². The van der Waals surface area contributed by atoms with Crippen LogP contribution in [0.2, 0.25) is 0 Å². The summed E-state index contributed by atoms with van der Waals surface area (Å²) in [4.78, 5) is 7.74. The van der Waals surface area contributed by atoms with Gasteiger partial charge in [-0.3, -0.25) is 4.90 Å². The predicted octanol–water partition coefficient (Wildman–Crippen LogP) is 4.57. The molecule has 0 radical (unpaired) electrons. The number of likely N-dealkylation sites (tertiary alicyclic amines) is 1. The third-order valence-electron chi connectivity index (χ3n) is 7.05. The molecule has 0 bridgehead atoms. The molecule has 3 aromatic rings. The maximum absolute atomic E-state index is 5.66. The van der Waals surface area contributed by atoms with Crippen LogP contribution in [0.1, 0.15) is 23.5 Å². The lowest BCUT2D eigenvalue weighted by molar-refractivity contribution is 0.211. The number of rotatable bonds is 3. The Bertz CT molecular complexity index is 1080. The van der Waals surface area contributed by atoms with Gasteiger partial charge in [-0.1, -0.05) is 42.5 Å². The SMILES string of the molecule is CN1CCN2c3c(cccc31)[C@@H]1CN(C/C=C/c3cccc4ccoc34)CC[C@@H]12. The van der Waals surface area contributed by atoms with E-state index < -0.39 is 0 Å². The third-order valence-corrected chi connectivity index (χ3v) is 7.05. The molecule has 4 nitrogen and oxygen atoms in total. The van der Waals surface area contributed by atoms with Gasteiger partial charge >= 0.3 is 0 Å². The van der Waals surface area contributed by atoms with E-state index in [2.05, 4.69) is 70.3 Å². The fourth-order valence-electron chi connectivity index (χ4n) is 5.62. The topological polar surface area (TPSA) is 22.9 Å². The summed E-state index contributed by atoms with van der Waals surface area (Å²) in [6, 6.07) is 15.9. The lowest BCUT2D eigenvalue weighted by Gasteiger charge is -2.41. The van der Waals surface area contributed by atoms with Crippen molar-refractivity contribution in [2.75, 3.05) is 49.6 Å². The Hall–Kier alpha value is -2.72. The highest BCUT2D eigenvalue weighted by atomic mass is 16.3. The lowest BCUT2D eigenvalue weighted by Crippen LogP contribution is -2.49. The van der Waals surface area contributed by atoms with Crippen LogP contribution in [0.3, 0.4) is 0 Å². The van der Waals surface area contributed by atoms with Gasteiger partial charge in [-0.2, -0.15) is 0 Å². The normalized spacial score (nSPS) is 23.8. The van der Waals surface area contributed by atoms with Gasteiger partial charge in [-0.15, -0.1) is 0 Å². The number of para-hydroxylation sites is 2. The zero-order valence-corrected chi connectivity index (χ0v) is 16.9. The van der Waals surface area contributed by atoms with Crippen LogP contribution < -0.4 is 9.80 Å². The first-order chi connectivity index (χ1) is 14.3. The molecule has 29 heavy (non-hydrogen) atoms. The maximum Gasteiger partial charge on any atom is 0.141 e. The molecule has 1 saturated heterocycles. The highest BCUT2D eigenvalue weighted by molar-refractivity contribution is 5.85. The van der Waals surface area contributed by atoms with Crippen LogP contribution in [-0.2, 0) is 0 Å². The number of likely N-dealkylation sites (N-methyl/N-ethyl adjacent to an activating group) is 1. The zero-order chi connectivity index (χ0) is 19.4. The van der Waals surface area contributed by atoms with Crippen molar-refractivity contribution in [3.05, 3.63) is 65.9 Å². The first-order valence-corrected chi connectivity index (χ1v) is 10.8. The predicted molar refractivity (Wildman–Crippen MR) is 120 cm³/mol. The third kappa shape index (κ3) is 2.70. The van der Waals surface area contributed by atoms with Crippen molar-refractivity contribution in [1.82, 2.24) is 4.90 Å². The van der Waals surface area contributed by atoms with Crippen molar-refractivity contribution in [1.29, 1.82) is 0 Å². The summed E-state index contributed by atoms with van der Waals surface area (Å²) >= 11 is 0. The van der Waals surface area contributed by atoms with E-state index in [1.807, 2.05) is 6.07 Å². The van der Waals surface area contributed by atoms with Gasteiger partial charge in [-0.05, 0) is 24.1 Å². The Morgan fingerprint density at radius 1 is 1.07 bits per heavy atom. The van der Waals surface area contributed by atoms with Gasteiger partial charge in [0, 0.05) is 62.7 Å². The average Bonchev–Trinajstić information content (AvgIpc) is 3.35. The summed E-state index contributed by atoms with van der Waals surface area (Å²) in [5.41, 5.74) is 6.64. The second-order valence-electron chi connectivity index (χ2n) is 8.64. The molecule has 3 aliphatic heterocycles. The fourth-order valence-corrected chi connectivity index (χ4v) is 5.62. The van der Waals surface area contributed by atoms with Gasteiger partial charge in [0.25, 0.3) is 0 Å². The van der Waals surface area contributed by atoms with E-state index in [0.29, 0.717) is 12.0 Å². The quantitative estimate of drug-likeness (QED) is 0.659. The number of fused-ring (bicyclic) bond motifs is 4. The second-order valence-corrected chi connectivity index (χ2v) is 8.64. The van der Waals surface area contributed by atoms with Crippen LogP contribution in [-0.4, -0.2) is 50.7 Å². The fraction of sp³-hybridized carbons (Fsp3) is 0.360. The van der Waals surface area contributed by atoms with Crippen LogP contribution in [0.4, 0.5) is 11.4 Å². The van der Waals surface area contributed by atoms with Crippen LogP contribution in [0.25, 0.3) is 17.0 Å². The van der Waals surface area contributed by atoms with Crippen molar-refractivity contribution in [2.45, 2.75) is 18.4 Å². The molecule has 4 heterocycles. The number of benzene rings is 2. The van der Waals surface area contributed by atoms with E-state index >= 15 is 0 Å². The second kappa shape index (κ2) is 6.67. The van der Waals surface area contributed by atoms with Crippen molar-refractivity contribution in [2.24, 2.45) is 0 Å². The van der Waals surface area contributed by atoms with Crippen LogP contribution in [0, 0.1) is 0 Å². The molecule has 0 spiro atoms. The van der Waals surface area contributed by atoms with Gasteiger partial charge in [0.15, 0.2) is 0 Å². The largest absolute Gasteiger partial charge is 0.464 e. The Labute approximate surface area is 172 Å². The van der Waals surface area contributed by atoms with E-state index in [1.165, 1.54) is 35.3 Å². The molecule has 1 fully saturated rings. The Morgan fingerprint density at radius 2 is 2.00 bits per heavy atom. The molecule has 148 valence electrons. The molecule has 2 aromatic carbocycles. The molecular weight excluding hydrogens is 358 g/mol. The molecule has 0 amide bonds. The minimum atomic E-state index is 0.632. The number of nitrogens with zero attached hydrogens (tertiary/aromatic N) is 3. The molecule has 0 saturated carbocycles. The summed E-state index contributed by atoms with van der Waals surface area (Å²) in [5.74, 6) is 0.632. The van der Waals surface area contributed by atoms with E-state index in [4.69, 9.17) is 4.42 Å². The summed E-state index contributed by atoms with van der Waals surface area (Å²) in [5, 5.41) is 1.17. The molecule has 0 unspecified atom stereocenters. The summed E-state index contributed by atoms with van der Waals surface area (Å²) in [6.07, 6.45) is 7.54. The van der Waals surface area contributed by atoms with Crippen molar-refractivity contribution >= 4 is 28.4 Å². The van der Waals surface area contributed by atoms with Gasteiger partial charge in [0.2, 0.25) is 0 Å². The molecule has 0 aliphatic carbocycles. The Morgan fingerprint density at radius 3 is 2.97 bits per heavy atom. The molecule has 2 atom stereocenters. The zero-order valence-electron chi connectivity index (χ0n) is 16.9. The minimum absolute atomic E-state index is 0.632. The monoisotopic (exact) mass is 385 g/mol. The van der Waals surface area contributed by atoms with E-state index in [0.717, 1.165) is 31.8 Å². The van der Waals surface area contributed by atoms with Gasteiger partial charge in [0.1, 0.15) is 5.58 Å². The molecule has 4 heteroatoms. The number of anilines is 2. The van der Waals surface area contributed by atoms with Crippen molar-refractivity contribution in [3.63, 3.8) is 0 Å². The first kappa shape index (κ1) is 17.2. The van der Waals surface area contributed by atoms with Crippen LogP contribution >= 0.6 is 0 Å². The number of hydrogen-bond acceptors (Lipinski definition) is 4. The molecule has 1 aromatic heterocycles. The first-order valence-electron chi connectivity index (χ1n) is 10.8. The number of hydrogen-bond donors (Lipinski definition) is 0. The highest BCUT2D eigenvalue weighted by Gasteiger charge is 2.44. The van der Waals surface area contributed by atoms with Gasteiger partial charge < -0.3 is 14.2 Å². The lowest BCUT2D eigenvalue weighted by atomic mass is 9.89. The van der Waals surface area contributed by atoms with Crippen molar-refractivity contribution in [3.8, 4) is 0 Å². The minimum Gasteiger partial charge on any atom is -0.464 e. The van der Waals surface area contributed by atoms with E-state index in [-0.39, 0.29) is 0 Å². The van der Waals surface area contributed by atoms with Gasteiger partial charge in [0.05, 0.1) is 17.6 Å². The molecule has 3 aliphatic rings. The highest BCUT2D eigenvalue weighted by Crippen LogP contribution is 2.50. The summed E-state index contributed by atoms with van der Waals surface area (Å²) in [6.45, 7) is 5.61. The maximum atomic E-state index is 5.66. The van der Waals surface area contributed by atoms with Gasteiger partial charge in [-0.25, -0.2) is 0 Å². The number of furan rings is 1. The standard InChI is InChI=1S/C25H27N3O/c1-26-14-15-28-22-10-13-27(17-21(22)20-8-3-9-23(26)24(20)28)12-4-7-18-5-2-6-19-11-16-29-25(18)19/h2-9,11,16,21-22H,10,12-15,17H2,1H3/b7-4+/t21-,22-/m0/s1. The molecule has 0 N–H and O–H groups in total. The van der Waals surface area contributed by atoms with Crippen LogP contribution in [0.5, 0.6) is 0 Å². The summed E-state index contributed by atoms with van der Waals surface area (Å²) in [7, 11) is 2.23.